The molecule has 1 saturated heterocycles. The van der Waals surface area contributed by atoms with Crippen molar-refractivity contribution in [3.63, 3.8) is 0 Å². The van der Waals surface area contributed by atoms with Gasteiger partial charge in [0.15, 0.2) is 6.20 Å². The molecule has 1 amide bonds. The van der Waals surface area contributed by atoms with Crippen molar-refractivity contribution < 1.29 is 19.3 Å². The molecule has 126 valence electrons. The predicted octanol–water partition coefficient (Wildman–Crippen LogP) is 1.28. The second-order valence-electron chi connectivity index (χ2n) is 5.59. The first-order valence-corrected chi connectivity index (χ1v) is 8.02. The number of ether oxygens (including phenoxy) is 2. The van der Waals surface area contributed by atoms with E-state index in [0.29, 0.717) is 12.2 Å². The standard InChI is InChI=1S/C18H21N3O3/c1-23-16-4-2-3-14(11-16)13-20-18(22)17-12-15(5-6-19-17)21-7-9-24-10-8-21/h2-6,11-12H,7-10,13H2,1H3,(H,20,22)/p+1. The second-order valence-corrected chi connectivity index (χ2v) is 5.59. The minimum atomic E-state index is -0.132. The Balaban J connectivity index is 1.64. The monoisotopic (exact) mass is 328 g/mol. The lowest BCUT2D eigenvalue weighted by Crippen LogP contribution is -2.37. The highest BCUT2D eigenvalue weighted by molar-refractivity contribution is 5.91. The Morgan fingerprint density at radius 3 is 2.92 bits per heavy atom. The lowest BCUT2D eigenvalue weighted by molar-refractivity contribution is -0.382. The number of nitrogens with zero attached hydrogens (tertiary/aromatic N) is 1. The molecule has 3 rings (SSSR count). The Hall–Kier alpha value is -2.60. The van der Waals surface area contributed by atoms with Crippen LogP contribution >= 0.6 is 0 Å². The van der Waals surface area contributed by atoms with Gasteiger partial charge in [0.05, 0.1) is 20.3 Å². The van der Waals surface area contributed by atoms with Crippen molar-refractivity contribution in [2.24, 2.45) is 0 Å². The van der Waals surface area contributed by atoms with Crippen LogP contribution in [0.25, 0.3) is 0 Å². The molecule has 1 aromatic heterocycles. The molecular weight excluding hydrogens is 306 g/mol. The number of aromatic amines is 1. The summed E-state index contributed by atoms with van der Waals surface area (Å²) in [4.78, 5) is 17.6. The number of hydrogen-bond donors (Lipinski definition) is 1. The number of H-pyrrole nitrogens is 1. The normalized spacial score (nSPS) is 14.3. The van der Waals surface area contributed by atoms with E-state index in [4.69, 9.17) is 9.47 Å². The number of amides is 1. The van der Waals surface area contributed by atoms with Crippen LogP contribution in [0.15, 0.2) is 42.6 Å². The van der Waals surface area contributed by atoms with Crippen molar-refractivity contribution in [2.75, 3.05) is 38.3 Å². The summed E-state index contributed by atoms with van der Waals surface area (Å²) in [5.74, 6) is 0.649. The van der Waals surface area contributed by atoms with Crippen LogP contribution in [0.2, 0.25) is 0 Å². The number of methoxy groups -OCH3 is 1. The number of aromatic nitrogens is 1. The smallest absolute Gasteiger partial charge is 0.316 e. The summed E-state index contributed by atoms with van der Waals surface area (Å²) in [6, 6.07) is 11.5. The fourth-order valence-corrected chi connectivity index (χ4v) is 2.66. The molecular formula is C18H22N3O3+. The van der Waals surface area contributed by atoms with Gasteiger partial charge in [0, 0.05) is 37.5 Å². The van der Waals surface area contributed by atoms with Crippen molar-refractivity contribution in [3.8, 4) is 5.75 Å². The van der Waals surface area contributed by atoms with Crippen molar-refractivity contribution >= 4 is 11.6 Å². The second kappa shape index (κ2) is 7.79. The first kappa shape index (κ1) is 16.3. The number of nitrogens with one attached hydrogen (secondary N) is 2. The Morgan fingerprint density at radius 1 is 1.29 bits per heavy atom. The highest BCUT2D eigenvalue weighted by atomic mass is 16.5. The first-order valence-electron chi connectivity index (χ1n) is 8.02. The Morgan fingerprint density at radius 2 is 2.12 bits per heavy atom. The number of carbonyl (C=O) groups excluding carboxylic acids is 1. The molecule has 2 heterocycles. The summed E-state index contributed by atoms with van der Waals surface area (Å²) in [6.07, 6.45) is 1.80. The molecule has 6 nitrogen and oxygen atoms in total. The highest BCUT2D eigenvalue weighted by Gasteiger charge is 2.17. The first-order chi connectivity index (χ1) is 11.8. The summed E-state index contributed by atoms with van der Waals surface area (Å²) >= 11 is 0. The lowest BCUT2D eigenvalue weighted by atomic mass is 10.2. The van der Waals surface area contributed by atoms with Gasteiger partial charge in [-0.3, -0.25) is 4.79 Å². The van der Waals surface area contributed by atoms with Gasteiger partial charge in [-0.2, -0.15) is 0 Å². The SMILES string of the molecule is COc1cccc(CNC(=O)c2cc(N3CCOCC3)cc[nH+]2)c1. The highest BCUT2D eigenvalue weighted by Crippen LogP contribution is 2.15. The number of carbonyl (C=O) groups is 1. The van der Waals surface area contributed by atoms with Gasteiger partial charge in [-0.1, -0.05) is 12.1 Å². The summed E-state index contributed by atoms with van der Waals surface area (Å²) in [5.41, 5.74) is 2.57. The molecule has 2 aromatic rings. The summed E-state index contributed by atoms with van der Waals surface area (Å²) in [7, 11) is 1.63. The predicted molar refractivity (Wildman–Crippen MR) is 90.2 cm³/mol. The van der Waals surface area contributed by atoms with Gasteiger partial charge in [-0.25, -0.2) is 4.98 Å². The molecule has 0 spiro atoms. The van der Waals surface area contributed by atoms with Crippen LogP contribution in [0.5, 0.6) is 5.75 Å². The zero-order valence-electron chi connectivity index (χ0n) is 13.7. The van der Waals surface area contributed by atoms with Crippen molar-refractivity contribution in [3.05, 3.63) is 53.9 Å². The van der Waals surface area contributed by atoms with E-state index >= 15 is 0 Å². The summed E-state index contributed by atoms with van der Waals surface area (Å²) < 4.78 is 10.6. The van der Waals surface area contributed by atoms with Gasteiger partial charge in [-0.05, 0) is 17.7 Å². The molecule has 1 aliphatic rings. The third kappa shape index (κ3) is 4.02. The zero-order valence-corrected chi connectivity index (χ0v) is 13.7. The lowest BCUT2D eigenvalue weighted by Gasteiger charge is -2.28. The van der Waals surface area contributed by atoms with Gasteiger partial charge >= 0.3 is 5.91 Å². The van der Waals surface area contributed by atoms with Crippen molar-refractivity contribution in [1.29, 1.82) is 0 Å². The molecule has 6 heteroatoms. The average molecular weight is 328 g/mol. The Labute approximate surface area is 141 Å². The minimum absolute atomic E-state index is 0.132. The number of anilines is 1. The number of rotatable bonds is 5. The van der Waals surface area contributed by atoms with Crippen LogP contribution in [0.4, 0.5) is 5.69 Å². The van der Waals surface area contributed by atoms with E-state index in [0.717, 1.165) is 43.3 Å². The maximum atomic E-state index is 12.4. The largest absolute Gasteiger partial charge is 0.497 e. The maximum Gasteiger partial charge on any atom is 0.316 e. The molecule has 0 atom stereocenters. The van der Waals surface area contributed by atoms with E-state index in [1.165, 1.54) is 0 Å². The average Bonchev–Trinajstić information content (AvgIpc) is 2.67. The number of benzene rings is 1. The third-order valence-electron chi connectivity index (χ3n) is 3.99. The Kier molecular flexibility index (Phi) is 5.28. The molecule has 0 saturated carbocycles. The molecule has 1 aromatic carbocycles. The third-order valence-corrected chi connectivity index (χ3v) is 3.99. The molecule has 1 aliphatic heterocycles. The van der Waals surface area contributed by atoms with Gasteiger partial charge in [0.25, 0.3) is 5.69 Å². The number of morpholine rings is 1. The van der Waals surface area contributed by atoms with E-state index in [2.05, 4.69) is 15.2 Å². The van der Waals surface area contributed by atoms with Crippen LogP contribution in [0.3, 0.4) is 0 Å². The van der Waals surface area contributed by atoms with E-state index < -0.39 is 0 Å². The fraction of sp³-hybridized carbons (Fsp3) is 0.333. The van der Waals surface area contributed by atoms with Gasteiger partial charge in [0.1, 0.15) is 5.75 Å². The minimum Gasteiger partial charge on any atom is -0.497 e. The van der Waals surface area contributed by atoms with Gasteiger partial charge in [-0.15, -0.1) is 0 Å². The maximum absolute atomic E-state index is 12.4. The molecule has 2 N–H and O–H groups in total. The fourth-order valence-electron chi connectivity index (χ4n) is 2.66. The van der Waals surface area contributed by atoms with Crippen LogP contribution in [0, 0.1) is 0 Å². The van der Waals surface area contributed by atoms with E-state index in [9.17, 15) is 4.79 Å². The summed E-state index contributed by atoms with van der Waals surface area (Å²) in [5, 5.41) is 2.93. The summed E-state index contributed by atoms with van der Waals surface area (Å²) in [6.45, 7) is 3.57. The topological polar surface area (TPSA) is 64.9 Å². The molecule has 1 fully saturated rings. The van der Waals surface area contributed by atoms with Crippen LogP contribution in [-0.4, -0.2) is 39.3 Å². The quantitative estimate of drug-likeness (QED) is 0.898. The van der Waals surface area contributed by atoms with E-state index in [1.54, 1.807) is 13.3 Å². The van der Waals surface area contributed by atoms with Crippen LogP contribution < -0.4 is 19.9 Å². The molecule has 0 unspecified atom stereocenters. The van der Waals surface area contributed by atoms with E-state index in [1.807, 2.05) is 36.4 Å². The zero-order chi connectivity index (χ0) is 16.8. The van der Waals surface area contributed by atoms with Gasteiger partial charge in [0.2, 0.25) is 0 Å². The Bertz CT molecular complexity index is 699. The number of pyridine rings is 1. The van der Waals surface area contributed by atoms with E-state index in [-0.39, 0.29) is 5.91 Å². The molecule has 0 radical (unpaired) electrons. The molecule has 0 aliphatic carbocycles. The van der Waals surface area contributed by atoms with Crippen molar-refractivity contribution in [1.82, 2.24) is 5.32 Å². The number of hydrogen-bond acceptors (Lipinski definition) is 4. The molecule has 0 bridgehead atoms. The van der Waals surface area contributed by atoms with Crippen LogP contribution in [-0.2, 0) is 11.3 Å². The molecule has 24 heavy (non-hydrogen) atoms. The van der Waals surface area contributed by atoms with Gasteiger partial charge < -0.3 is 19.7 Å². The van der Waals surface area contributed by atoms with Crippen molar-refractivity contribution in [2.45, 2.75) is 6.54 Å². The van der Waals surface area contributed by atoms with Crippen LogP contribution in [0.1, 0.15) is 16.1 Å².